The summed E-state index contributed by atoms with van der Waals surface area (Å²) >= 11 is 0. The molecule has 3 heterocycles. The molecule has 8 rings (SSSR count). The molecule has 0 unspecified atom stereocenters. The predicted octanol–water partition coefficient (Wildman–Crippen LogP) is 12.3. The van der Waals surface area contributed by atoms with Crippen LogP contribution in [0.25, 0.3) is 66.7 Å². The molecule has 5 heteroatoms. The number of hydrogen-bond acceptors (Lipinski definition) is 3. The van der Waals surface area contributed by atoms with Crippen LogP contribution in [0.3, 0.4) is 0 Å². The molecule has 3 nitrogen and oxygen atoms in total. The number of benzene rings is 5. The van der Waals surface area contributed by atoms with Gasteiger partial charge in [0.15, 0.2) is 0 Å². The Morgan fingerprint density at radius 3 is 2.02 bits per heavy atom. The number of hydrogen-bond donors (Lipinski definition) is 0. The summed E-state index contributed by atoms with van der Waals surface area (Å²) in [5.74, 6) is 0.466. The smallest absolute Gasteiger partial charge is 0.121 e. The van der Waals surface area contributed by atoms with Crippen LogP contribution in [-0.4, -0.2) is 18.0 Å². The molecular formula is C47H42IrN2OSi-2. The van der Waals surface area contributed by atoms with Gasteiger partial charge in [-0.05, 0) is 57.4 Å². The van der Waals surface area contributed by atoms with E-state index >= 15 is 0 Å². The summed E-state index contributed by atoms with van der Waals surface area (Å²) < 4.78 is 29.6. The van der Waals surface area contributed by atoms with E-state index in [9.17, 15) is 0 Å². The molecule has 3 aromatic heterocycles. The van der Waals surface area contributed by atoms with Crippen LogP contribution in [0, 0.1) is 19.0 Å². The summed E-state index contributed by atoms with van der Waals surface area (Å²) in [7, 11) is -1.40. The molecule has 0 bridgehead atoms. The van der Waals surface area contributed by atoms with Crippen LogP contribution in [-0.2, 0) is 20.1 Å². The van der Waals surface area contributed by atoms with Crippen molar-refractivity contribution in [3.63, 3.8) is 0 Å². The van der Waals surface area contributed by atoms with Gasteiger partial charge in [-0.1, -0.05) is 142 Å². The Labute approximate surface area is 326 Å². The van der Waals surface area contributed by atoms with E-state index < -0.39 is 14.9 Å². The minimum absolute atomic E-state index is 0. The number of nitrogens with zero attached hydrogens (tertiary/aromatic N) is 2. The first kappa shape index (κ1) is 32.9. The standard InChI is InChI=1S/C26H20NO.C21H22NSi.Ir/c1-17(2)19-12-13-27-24(16-19)21-9-11-26-23(15-21)22-14-20(8-10-25(22)28-26)18-6-4-3-5-7-18;1-16-10-11-18(14-20(16)17-8-6-5-7-9-17)21-13-12-19(15-22-21)23(2,3)4;/h3-8,10-17H,1-2H3;5-10,12-15H,1-4H3;/q2*-1;/i;1D3;. The fourth-order valence-electron chi connectivity index (χ4n) is 6.13. The van der Waals surface area contributed by atoms with Crippen LogP contribution in [0.5, 0.6) is 0 Å². The van der Waals surface area contributed by atoms with Crippen molar-refractivity contribution < 1.29 is 28.6 Å². The van der Waals surface area contributed by atoms with Gasteiger partial charge in [0.1, 0.15) is 5.58 Å². The Hall–Kier alpha value is -4.93. The van der Waals surface area contributed by atoms with Crippen LogP contribution in [0.1, 0.15) is 35.0 Å². The molecule has 0 saturated heterocycles. The van der Waals surface area contributed by atoms with E-state index in [1.54, 1.807) is 6.07 Å². The molecule has 261 valence electrons. The molecule has 5 aromatic carbocycles. The van der Waals surface area contributed by atoms with Crippen molar-refractivity contribution in [2.45, 2.75) is 46.3 Å². The second-order valence-electron chi connectivity index (χ2n) is 14.2. The average molecular weight is 874 g/mol. The van der Waals surface area contributed by atoms with E-state index in [4.69, 9.17) is 8.53 Å². The van der Waals surface area contributed by atoms with Crippen LogP contribution >= 0.6 is 0 Å². The minimum Gasteiger partial charge on any atom is -0.500 e. The monoisotopic (exact) mass is 874 g/mol. The zero-order valence-corrected chi connectivity index (χ0v) is 33.4. The quantitative estimate of drug-likeness (QED) is 0.123. The summed E-state index contributed by atoms with van der Waals surface area (Å²) in [4.78, 5) is 9.17. The van der Waals surface area contributed by atoms with Crippen LogP contribution in [0.2, 0.25) is 19.6 Å². The molecule has 0 fully saturated rings. The third-order valence-electron chi connectivity index (χ3n) is 9.18. The van der Waals surface area contributed by atoms with E-state index in [0.717, 1.165) is 50.0 Å². The normalized spacial score (nSPS) is 12.4. The first-order valence-electron chi connectivity index (χ1n) is 18.8. The fraction of sp³-hybridized carbons (Fsp3) is 0.149. The third-order valence-corrected chi connectivity index (χ3v) is 11.2. The zero-order valence-electron chi connectivity index (χ0n) is 33.0. The van der Waals surface area contributed by atoms with Crippen molar-refractivity contribution in [1.82, 2.24) is 9.97 Å². The van der Waals surface area contributed by atoms with Gasteiger partial charge in [-0.3, -0.25) is 0 Å². The van der Waals surface area contributed by atoms with Crippen LogP contribution in [0.15, 0.2) is 144 Å². The van der Waals surface area contributed by atoms with Gasteiger partial charge in [0.25, 0.3) is 0 Å². The van der Waals surface area contributed by atoms with Gasteiger partial charge in [-0.15, -0.1) is 53.1 Å². The van der Waals surface area contributed by atoms with Gasteiger partial charge in [0.2, 0.25) is 0 Å². The molecule has 0 saturated carbocycles. The van der Waals surface area contributed by atoms with Crippen molar-refractivity contribution in [3.8, 4) is 44.8 Å². The summed E-state index contributed by atoms with van der Waals surface area (Å²) in [5.41, 5.74) is 10.9. The molecule has 0 aliphatic heterocycles. The van der Waals surface area contributed by atoms with E-state index in [1.807, 2.05) is 67.0 Å². The summed E-state index contributed by atoms with van der Waals surface area (Å²) in [6.07, 6.45) is 3.82. The largest absolute Gasteiger partial charge is 0.500 e. The van der Waals surface area contributed by atoms with Crippen molar-refractivity contribution in [3.05, 3.63) is 163 Å². The maximum Gasteiger partial charge on any atom is 0.121 e. The van der Waals surface area contributed by atoms with E-state index in [-0.39, 0.29) is 20.1 Å². The van der Waals surface area contributed by atoms with E-state index in [2.05, 4.69) is 122 Å². The van der Waals surface area contributed by atoms with Gasteiger partial charge in [-0.25, -0.2) is 0 Å². The number of aromatic nitrogens is 2. The Morgan fingerprint density at radius 1 is 0.654 bits per heavy atom. The van der Waals surface area contributed by atoms with E-state index in [1.165, 1.54) is 21.9 Å². The maximum absolute atomic E-state index is 7.84. The Morgan fingerprint density at radius 2 is 1.35 bits per heavy atom. The Kier molecular flexibility index (Phi) is 9.98. The van der Waals surface area contributed by atoms with Gasteiger partial charge in [0.05, 0.1) is 13.7 Å². The summed E-state index contributed by atoms with van der Waals surface area (Å²) in [5, 5.41) is 3.51. The van der Waals surface area contributed by atoms with Crippen molar-refractivity contribution in [1.29, 1.82) is 0 Å². The third kappa shape index (κ3) is 8.08. The number of furan rings is 1. The number of rotatable bonds is 6. The van der Waals surface area contributed by atoms with Gasteiger partial charge in [0, 0.05) is 42.0 Å². The maximum atomic E-state index is 7.84. The van der Waals surface area contributed by atoms with Gasteiger partial charge >= 0.3 is 0 Å². The van der Waals surface area contributed by atoms with Crippen molar-refractivity contribution >= 4 is 35.2 Å². The molecule has 0 N–H and O–H groups in total. The molecule has 0 aliphatic carbocycles. The molecule has 0 atom stereocenters. The molecule has 8 aromatic rings. The van der Waals surface area contributed by atoms with Crippen LogP contribution in [0.4, 0.5) is 0 Å². The minimum atomic E-state index is -2.19. The molecular weight excluding hydrogens is 829 g/mol. The predicted molar refractivity (Wildman–Crippen MR) is 217 cm³/mol. The molecule has 0 amide bonds. The Bertz CT molecular complexity index is 2540. The SMILES string of the molecule is CC(C)c1ccnc(-c2[c-]cc3oc4ccc(-c5ccccc5)cc4c3c2)c1.[2H]C([2H])([2H])c1c[c-]c(-c2ccc([Si](C)(C)C)cn2)cc1-c1ccccc1.[Ir]. The zero-order chi connectivity index (χ0) is 38.0. The van der Waals surface area contributed by atoms with Gasteiger partial charge in [-0.2, -0.15) is 0 Å². The number of aryl methyl sites for hydroxylation is 1. The summed E-state index contributed by atoms with van der Waals surface area (Å²) in [6.45, 7) is 9.06. The molecule has 0 spiro atoms. The average Bonchev–Trinajstić information content (AvgIpc) is 3.55. The van der Waals surface area contributed by atoms with E-state index in [0.29, 0.717) is 17.0 Å². The molecule has 52 heavy (non-hydrogen) atoms. The molecule has 1 radical (unpaired) electrons. The number of pyridine rings is 2. The molecule has 0 aliphatic rings. The van der Waals surface area contributed by atoms with Crippen LogP contribution < -0.4 is 5.19 Å². The first-order valence-corrected chi connectivity index (χ1v) is 20.8. The van der Waals surface area contributed by atoms with Gasteiger partial charge < -0.3 is 14.4 Å². The van der Waals surface area contributed by atoms with Crippen molar-refractivity contribution in [2.24, 2.45) is 0 Å². The second-order valence-corrected chi connectivity index (χ2v) is 19.2. The van der Waals surface area contributed by atoms with Crippen molar-refractivity contribution in [2.75, 3.05) is 0 Å². The fourth-order valence-corrected chi connectivity index (χ4v) is 7.16. The number of fused-ring (bicyclic) bond motifs is 3. The first-order chi connectivity index (χ1) is 25.8. The second kappa shape index (κ2) is 15.8. The summed E-state index contributed by atoms with van der Waals surface area (Å²) in [6, 6.07) is 48.7. The Balaban J connectivity index is 0.000000184. The topological polar surface area (TPSA) is 38.9 Å².